The van der Waals surface area contributed by atoms with Crippen molar-refractivity contribution in [3.8, 4) is 11.8 Å². The number of nitrogens with zero attached hydrogens (tertiary/aromatic N) is 5. The van der Waals surface area contributed by atoms with Crippen molar-refractivity contribution in [1.82, 2.24) is 0 Å². The van der Waals surface area contributed by atoms with E-state index in [0.29, 0.717) is 5.56 Å². The summed E-state index contributed by atoms with van der Waals surface area (Å²) in [6.07, 6.45) is 0. The van der Waals surface area contributed by atoms with Gasteiger partial charge in [-0.1, -0.05) is 17.2 Å². The molecule has 1 aromatic heterocycles. The van der Waals surface area contributed by atoms with Crippen molar-refractivity contribution in [1.29, 1.82) is 5.26 Å². The van der Waals surface area contributed by atoms with E-state index in [4.69, 9.17) is 20.4 Å². The SMILES string of the molecule is N#CC1=C(N)Oc2c(oc(CN=[N+]=[N-])cc2=O)C1c1ccc([N+](=O)[O-])cc1. The average Bonchev–Trinajstić information content (AvgIpc) is 2.66. The Labute approximate surface area is 150 Å². The van der Waals surface area contributed by atoms with Crippen molar-refractivity contribution in [3.05, 3.63) is 89.7 Å². The van der Waals surface area contributed by atoms with Crippen molar-refractivity contribution in [2.45, 2.75) is 12.5 Å². The number of nitriles is 1. The fourth-order valence-electron chi connectivity index (χ4n) is 2.68. The highest BCUT2D eigenvalue weighted by Gasteiger charge is 2.35. The zero-order chi connectivity index (χ0) is 19.6. The summed E-state index contributed by atoms with van der Waals surface area (Å²) >= 11 is 0. The first-order valence-corrected chi connectivity index (χ1v) is 7.46. The van der Waals surface area contributed by atoms with Gasteiger partial charge in [-0.15, -0.1) is 0 Å². The van der Waals surface area contributed by atoms with E-state index in [1.807, 2.05) is 6.07 Å². The first kappa shape index (κ1) is 17.5. The van der Waals surface area contributed by atoms with Gasteiger partial charge < -0.3 is 14.9 Å². The van der Waals surface area contributed by atoms with E-state index in [0.717, 1.165) is 6.07 Å². The minimum Gasteiger partial charge on any atom is -0.461 e. The molecule has 0 aliphatic carbocycles. The van der Waals surface area contributed by atoms with Gasteiger partial charge in [-0.05, 0) is 11.1 Å². The zero-order valence-electron chi connectivity index (χ0n) is 13.5. The Bertz CT molecular complexity index is 1110. The van der Waals surface area contributed by atoms with Crippen LogP contribution in [0.2, 0.25) is 0 Å². The molecule has 0 saturated carbocycles. The van der Waals surface area contributed by atoms with Crippen LogP contribution in [0.3, 0.4) is 0 Å². The fourth-order valence-corrected chi connectivity index (χ4v) is 2.68. The van der Waals surface area contributed by atoms with Crippen LogP contribution in [0.4, 0.5) is 5.69 Å². The van der Waals surface area contributed by atoms with Crippen LogP contribution < -0.4 is 15.9 Å². The number of azide groups is 1. The molecule has 0 bridgehead atoms. The molecule has 2 aromatic rings. The number of allylic oxidation sites excluding steroid dienone is 1. The summed E-state index contributed by atoms with van der Waals surface area (Å²) in [7, 11) is 0. The van der Waals surface area contributed by atoms with Crippen LogP contribution in [0, 0.1) is 21.4 Å². The quantitative estimate of drug-likeness (QED) is 0.283. The molecule has 0 fully saturated rings. The minimum absolute atomic E-state index is 0.00485. The van der Waals surface area contributed by atoms with Crippen molar-refractivity contribution in [2.75, 3.05) is 0 Å². The molecule has 3 rings (SSSR count). The lowest BCUT2D eigenvalue weighted by Crippen LogP contribution is -2.25. The number of rotatable bonds is 4. The van der Waals surface area contributed by atoms with E-state index in [-0.39, 0.29) is 41.0 Å². The highest BCUT2D eigenvalue weighted by molar-refractivity contribution is 5.53. The van der Waals surface area contributed by atoms with Gasteiger partial charge in [-0.25, -0.2) is 0 Å². The van der Waals surface area contributed by atoms with E-state index in [9.17, 15) is 20.2 Å². The number of ether oxygens (including phenoxy) is 1. The molecule has 134 valence electrons. The van der Waals surface area contributed by atoms with Gasteiger partial charge in [0.1, 0.15) is 17.4 Å². The number of non-ortho nitro benzene ring substituents is 1. The molecular formula is C16H10N6O5. The van der Waals surface area contributed by atoms with Gasteiger partial charge in [-0.2, -0.15) is 5.26 Å². The lowest BCUT2D eigenvalue weighted by Gasteiger charge is -2.24. The molecule has 0 saturated heterocycles. The lowest BCUT2D eigenvalue weighted by molar-refractivity contribution is -0.384. The van der Waals surface area contributed by atoms with Gasteiger partial charge >= 0.3 is 0 Å². The van der Waals surface area contributed by atoms with Gasteiger partial charge in [0.15, 0.2) is 5.76 Å². The smallest absolute Gasteiger partial charge is 0.269 e. The van der Waals surface area contributed by atoms with Crippen LogP contribution in [0.15, 0.2) is 56.1 Å². The molecule has 1 aromatic carbocycles. The molecule has 0 spiro atoms. The van der Waals surface area contributed by atoms with E-state index >= 15 is 0 Å². The molecule has 2 N–H and O–H groups in total. The Morgan fingerprint density at radius 2 is 2.11 bits per heavy atom. The normalized spacial score (nSPS) is 15.1. The summed E-state index contributed by atoms with van der Waals surface area (Å²) in [5.41, 5.74) is 13.9. The third-order valence-electron chi connectivity index (χ3n) is 3.86. The Morgan fingerprint density at radius 1 is 1.41 bits per heavy atom. The van der Waals surface area contributed by atoms with Crippen LogP contribution >= 0.6 is 0 Å². The second-order valence-electron chi connectivity index (χ2n) is 5.43. The monoisotopic (exact) mass is 366 g/mol. The second kappa shape index (κ2) is 6.91. The Balaban J connectivity index is 2.21. The molecule has 11 nitrogen and oxygen atoms in total. The number of hydrogen-bond acceptors (Lipinski definition) is 8. The van der Waals surface area contributed by atoms with E-state index < -0.39 is 16.3 Å². The molecule has 1 atom stereocenters. The van der Waals surface area contributed by atoms with Crippen LogP contribution in [-0.4, -0.2) is 4.92 Å². The summed E-state index contributed by atoms with van der Waals surface area (Å²) in [4.78, 5) is 25.2. The Kier molecular flexibility index (Phi) is 4.49. The molecule has 0 amide bonds. The van der Waals surface area contributed by atoms with Gasteiger partial charge in [0, 0.05) is 23.1 Å². The van der Waals surface area contributed by atoms with Crippen molar-refractivity contribution in [2.24, 2.45) is 10.8 Å². The van der Waals surface area contributed by atoms with Crippen molar-refractivity contribution < 1.29 is 14.1 Å². The number of fused-ring (bicyclic) bond motifs is 1. The van der Waals surface area contributed by atoms with Crippen LogP contribution in [-0.2, 0) is 6.54 Å². The summed E-state index contributed by atoms with van der Waals surface area (Å²) in [5.74, 6) is -1.28. The van der Waals surface area contributed by atoms with E-state index in [1.54, 1.807) is 0 Å². The maximum atomic E-state index is 12.3. The average molecular weight is 366 g/mol. The van der Waals surface area contributed by atoms with Crippen molar-refractivity contribution in [3.63, 3.8) is 0 Å². The first-order chi connectivity index (χ1) is 13.0. The van der Waals surface area contributed by atoms with Gasteiger partial charge in [-0.3, -0.25) is 14.9 Å². The molecular weight excluding hydrogens is 356 g/mol. The molecule has 1 aliphatic heterocycles. The largest absolute Gasteiger partial charge is 0.461 e. The van der Waals surface area contributed by atoms with Gasteiger partial charge in [0.25, 0.3) is 5.69 Å². The first-order valence-electron chi connectivity index (χ1n) is 7.46. The maximum Gasteiger partial charge on any atom is 0.269 e. The topological polar surface area (TPSA) is 181 Å². The molecule has 2 heterocycles. The molecule has 27 heavy (non-hydrogen) atoms. The number of hydrogen-bond donors (Lipinski definition) is 1. The van der Waals surface area contributed by atoms with Gasteiger partial charge in [0.2, 0.25) is 17.1 Å². The molecule has 1 aliphatic rings. The predicted molar refractivity (Wildman–Crippen MR) is 90.2 cm³/mol. The zero-order valence-corrected chi connectivity index (χ0v) is 13.5. The highest BCUT2D eigenvalue weighted by atomic mass is 16.6. The molecule has 0 radical (unpaired) electrons. The van der Waals surface area contributed by atoms with Crippen LogP contribution in [0.25, 0.3) is 10.4 Å². The fraction of sp³-hybridized carbons (Fsp3) is 0.125. The Hall–Kier alpha value is -4.29. The number of nitro groups is 1. The van der Waals surface area contributed by atoms with E-state index in [1.165, 1.54) is 24.3 Å². The second-order valence-corrected chi connectivity index (χ2v) is 5.43. The summed E-state index contributed by atoms with van der Waals surface area (Å²) in [6, 6.07) is 8.41. The van der Waals surface area contributed by atoms with E-state index in [2.05, 4.69) is 10.0 Å². The maximum absolute atomic E-state index is 12.3. The predicted octanol–water partition coefficient (Wildman–Crippen LogP) is 2.58. The number of nitrogens with two attached hydrogens (primary N) is 1. The van der Waals surface area contributed by atoms with Gasteiger partial charge in [0.05, 0.1) is 17.4 Å². The minimum atomic E-state index is -0.904. The molecule has 1 unspecified atom stereocenters. The number of benzene rings is 1. The summed E-state index contributed by atoms with van der Waals surface area (Å²) < 4.78 is 10.9. The Morgan fingerprint density at radius 3 is 2.70 bits per heavy atom. The third kappa shape index (κ3) is 3.15. The standard InChI is InChI=1S/C16H10N6O5/c17-6-11-13(8-1-3-9(4-2-8)22(24)25)15-14(27-16(11)18)12(23)5-10(26-15)7-20-21-19/h1-5,13H,7,18H2. The summed E-state index contributed by atoms with van der Waals surface area (Å²) in [5, 5.41) is 23.7. The third-order valence-corrected chi connectivity index (χ3v) is 3.86. The van der Waals surface area contributed by atoms with Crippen LogP contribution in [0.5, 0.6) is 5.75 Å². The highest BCUT2D eigenvalue weighted by Crippen LogP contribution is 2.41. The van der Waals surface area contributed by atoms with Crippen LogP contribution in [0.1, 0.15) is 23.0 Å². The van der Waals surface area contributed by atoms with Crippen molar-refractivity contribution >= 4 is 5.69 Å². The number of nitro benzene ring substituents is 1. The summed E-state index contributed by atoms with van der Waals surface area (Å²) in [6.45, 7) is -0.215. The lowest BCUT2D eigenvalue weighted by atomic mass is 9.87. The molecule has 11 heteroatoms.